The summed E-state index contributed by atoms with van der Waals surface area (Å²) in [7, 11) is 1.64. The molecule has 142 valence electrons. The molecule has 1 fully saturated rings. The number of nitrogens with one attached hydrogen (secondary N) is 1. The molecular weight excluding hydrogens is 345 g/mol. The van der Waals surface area contributed by atoms with Crippen molar-refractivity contribution >= 4 is 16.6 Å². The minimum absolute atomic E-state index is 0.211. The van der Waals surface area contributed by atoms with Gasteiger partial charge in [0.25, 0.3) is 0 Å². The molecule has 0 spiro atoms. The maximum atomic E-state index is 13.1. The summed E-state index contributed by atoms with van der Waals surface area (Å²) in [6.07, 6.45) is 1.33. The lowest BCUT2D eigenvalue weighted by Crippen LogP contribution is -2.47. The second kappa shape index (κ2) is 7.58. The van der Waals surface area contributed by atoms with E-state index in [1.165, 1.54) is 12.1 Å². The van der Waals surface area contributed by atoms with Crippen LogP contribution in [0.3, 0.4) is 0 Å². The van der Waals surface area contributed by atoms with Gasteiger partial charge in [-0.1, -0.05) is 0 Å². The SMILES string of the molecule is COc1ccc2c([C@@H](O)CN3CCN(c4ccc(F)cc4)CC3)c[nH]c2c1. The number of rotatable bonds is 5. The van der Waals surface area contributed by atoms with Crippen molar-refractivity contribution in [3.05, 3.63) is 60.0 Å². The van der Waals surface area contributed by atoms with Crippen LogP contribution >= 0.6 is 0 Å². The first-order valence-corrected chi connectivity index (χ1v) is 9.20. The number of aromatic nitrogens is 1. The fraction of sp³-hybridized carbons (Fsp3) is 0.333. The number of fused-ring (bicyclic) bond motifs is 1. The third-order valence-electron chi connectivity index (χ3n) is 5.28. The third kappa shape index (κ3) is 3.77. The summed E-state index contributed by atoms with van der Waals surface area (Å²) in [5, 5.41) is 11.8. The van der Waals surface area contributed by atoms with E-state index in [1.54, 1.807) is 7.11 Å². The molecule has 0 unspecified atom stereocenters. The fourth-order valence-corrected chi connectivity index (χ4v) is 3.71. The van der Waals surface area contributed by atoms with Gasteiger partial charge in [0.1, 0.15) is 11.6 Å². The summed E-state index contributed by atoms with van der Waals surface area (Å²) in [4.78, 5) is 7.74. The van der Waals surface area contributed by atoms with Gasteiger partial charge in [-0.2, -0.15) is 0 Å². The number of halogens is 1. The van der Waals surface area contributed by atoms with Crippen molar-refractivity contribution in [3.8, 4) is 5.75 Å². The molecule has 1 aromatic heterocycles. The maximum absolute atomic E-state index is 13.1. The van der Waals surface area contributed by atoms with Gasteiger partial charge in [-0.25, -0.2) is 4.39 Å². The minimum Gasteiger partial charge on any atom is -0.497 e. The molecule has 0 bridgehead atoms. The van der Waals surface area contributed by atoms with E-state index in [1.807, 2.05) is 36.5 Å². The van der Waals surface area contributed by atoms with E-state index < -0.39 is 6.10 Å². The zero-order valence-corrected chi connectivity index (χ0v) is 15.4. The van der Waals surface area contributed by atoms with Crippen LogP contribution in [0.5, 0.6) is 5.75 Å². The van der Waals surface area contributed by atoms with E-state index in [-0.39, 0.29) is 5.82 Å². The van der Waals surface area contributed by atoms with Gasteiger partial charge < -0.3 is 19.7 Å². The Balaban J connectivity index is 1.38. The van der Waals surface area contributed by atoms with Crippen LogP contribution in [0.15, 0.2) is 48.7 Å². The number of hydrogen-bond acceptors (Lipinski definition) is 4. The number of aliphatic hydroxyl groups excluding tert-OH is 1. The number of aliphatic hydroxyl groups is 1. The number of methoxy groups -OCH3 is 1. The molecular formula is C21H24FN3O2. The van der Waals surface area contributed by atoms with Gasteiger partial charge >= 0.3 is 0 Å². The molecule has 2 aromatic carbocycles. The number of anilines is 1. The van der Waals surface area contributed by atoms with Crippen molar-refractivity contribution < 1.29 is 14.2 Å². The monoisotopic (exact) mass is 369 g/mol. The summed E-state index contributed by atoms with van der Waals surface area (Å²) in [6, 6.07) is 12.5. The second-order valence-electron chi connectivity index (χ2n) is 6.94. The Morgan fingerprint density at radius 1 is 1.11 bits per heavy atom. The highest BCUT2D eigenvalue weighted by atomic mass is 19.1. The maximum Gasteiger partial charge on any atom is 0.123 e. The molecule has 5 nitrogen and oxygen atoms in total. The number of nitrogens with zero attached hydrogens (tertiary/aromatic N) is 2. The van der Waals surface area contributed by atoms with Crippen LogP contribution in [0.4, 0.5) is 10.1 Å². The topological polar surface area (TPSA) is 51.7 Å². The number of benzene rings is 2. The van der Waals surface area contributed by atoms with Crippen molar-refractivity contribution in [2.24, 2.45) is 0 Å². The quantitative estimate of drug-likeness (QED) is 0.725. The smallest absolute Gasteiger partial charge is 0.123 e. The lowest BCUT2D eigenvalue weighted by Gasteiger charge is -2.36. The Morgan fingerprint density at radius 3 is 2.56 bits per heavy atom. The molecule has 3 aromatic rings. The number of ether oxygens (including phenoxy) is 1. The van der Waals surface area contributed by atoms with E-state index in [2.05, 4.69) is 14.8 Å². The average molecular weight is 369 g/mol. The largest absolute Gasteiger partial charge is 0.497 e. The highest BCUT2D eigenvalue weighted by molar-refractivity contribution is 5.84. The van der Waals surface area contributed by atoms with Crippen LogP contribution in [-0.4, -0.2) is 54.8 Å². The van der Waals surface area contributed by atoms with Crippen LogP contribution in [-0.2, 0) is 0 Å². The molecule has 1 saturated heterocycles. The molecule has 4 rings (SSSR count). The van der Waals surface area contributed by atoms with Crippen LogP contribution < -0.4 is 9.64 Å². The Kier molecular flexibility index (Phi) is 5.01. The van der Waals surface area contributed by atoms with Gasteiger partial charge in [-0.15, -0.1) is 0 Å². The van der Waals surface area contributed by atoms with Crippen molar-refractivity contribution in [1.82, 2.24) is 9.88 Å². The van der Waals surface area contributed by atoms with Crippen molar-refractivity contribution in [1.29, 1.82) is 0 Å². The van der Waals surface area contributed by atoms with E-state index in [0.717, 1.165) is 54.1 Å². The standard InChI is InChI=1S/C21H24FN3O2/c1-27-17-6-7-18-19(13-23-20(18)12-17)21(26)14-24-8-10-25(11-9-24)16-4-2-15(22)3-5-16/h2-7,12-13,21,23,26H,8-11,14H2,1H3/t21-/m0/s1. The first-order valence-electron chi connectivity index (χ1n) is 9.20. The number of β-amino-alcohol motifs (C(OH)–C–C–N with tert-alkyl or cyclic N) is 1. The van der Waals surface area contributed by atoms with Gasteiger partial charge in [-0.3, -0.25) is 4.90 Å². The number of aromatic amines is 1. The lowest BCUT2D eigenvalue weighted by atomic mass is 10.1. The highest BCUT2D eigenvalue weighted by Crippen LogP contribution is 2.28. The Morgan fingerprint density at radius 2 is 1.85 bits per heavy atom. The molecule has 2 N–H and O–H groups in total. The Hall–Kier alpha value is -2.57. The number of piperazine rings is 1. The van der Waals surface area contributed by atoms with Crippen LogP contribution in [0.1, 0.15) is 11.7 Å². The van der Waals surface area contributed by atoms with Crippen molar-refractivity contribution in [2.45, 2.75) is 6.10 Å². The summed E-state index contributed by atoms with van der Waals surface area (Å²) >= 11 is 0. The normalized spacial score (nSPS) is 16.6. The molecule has 0 saturated carbocycles. The molecule has 0 radical (unpaired) electrons. The van der Waals surface area contributed by atoms with E-state index in [0.29, 0.717) is 6.54 Å². The average Bonchev–Trinajstić information content (AvgIpc) is 3.12. The second-order valence-corrected chi connectivity index (χ2v) is 6.94. The Bertz CT molecular complexity index is 901. The zero-order valence-electron chi connectivity index (χ0n) is 15.4. The summed E-state index contributed by atoms with van der Waals surface area (Å²) in [5.74, 6) is 0.583. The van der Waals surface area contributed by atoms with E-state index >= 15 is 0 Å². The Labute approximate surface area is 158 Å². The van der Waals surface area contributed by atoms with Crippen LogP contribution in [0.2, 0.25) is 0 Å². The molecule has 0 aliphatic carbocycles. The van der Waals surface area contributed by atoms with E-state index in [4.69, 9.17) is 4.74 Å². The van der Waals surface area contributed by atoms with Crippen LogP contribution in [0, 0.1) is 5.82 Å². The molecule has 27 heavy (non-hydrogen) atoms. The highest BCUT2D eigenvalue weighted by Gasteiger charge is 2.21. The van der Waals surface area contributed by atoms with Gasteiger partial charge in [-0.05, 0) is 36.4 Å². The summed E-state index contributed by atoms with van der Waals surface area (Å²) in [5.41, 5.74) is 2.92. The minimum atomic E-state index is -0.551. The van der Waals surface area contributed by atoms with Crippen molar-refractivity contribution in [2.75, 3.05) is 44.7 Å². The zero-order chi connectivity index (χ0) is 18.8. The molecule has 0 amide bonds. The third-order valence-corrected chi connectivity index (χ3v) is 5.28. The first-order chi connectivity index (χ1) is 13.1. The van der Waals surface area contributed by atoms with Gasteiger partial charge in [0, 0.05) is 67.1 Å². The summed E-state index contributed by atoms with van der Waals surface area (Å²) in [6.45, 7) is 4.05. The van der Waals surface area contributed by atoms with Gasteiger partial charge in [0.05, 0.1) is 13.2 Å². The molecule has 1 aliphatic heterocycles. The van der Waals surface area contributed by atoms with Crippen LogP contribution in [0.25, 0.3) is 10.9 Å². The fourth-order valence-electron chi connectivity index (χ4n) is 3.71. The predicted molar refractivity (Wildman–Crippen MR) is 105 cm³/mol. The number of H-pyrrole nitrogens is 1. The lowest BCUT2D eigenvalue weighted by molar-refractivity contribution is 0.110. The first kappa shape index (κ1) is 17.8. The molecule has 1 atom stereocenters. The number of hydrogen-bond donors (Lipinski definition) is 2. The molecule has 6 heteroatoms. The van der Waals surface area contributed by atoms with E-state index in [9.17, 15) is 9.50 Å². The predicted octanol–water partition coefficient (Wildman–Crippen LogP) is 3.17. The molecule has 1 aliphatic rings. The molecule has 2 heterocycles. The van der Waals surface area contributed by atoms with Crippen molar-refractivity contribution in [3.63, 3.8) is 0 Å². The van der Waals surface area contributed by atoms with Gasteiger partial charge in [0.15, 0.2) is 0 Å². The van der Waals surface area contributed by atoms with Gasteiger partial charge in [0.2, 0.25) is 0 Å². The summed E-state index contributed by atoms with van der Waals surface area (Å²) < 4.78 is 18.3.